The van der Waals surface area contributed by atoms with Gasteiger partial charge in [0.15, 0.2) is 0 Å². The number of carbonyl (C=O) groups excluding carboxylic acids is 1. The average Bonchev–Trinajstić information content (AvgIpc) is 2.60. The highest BCUT2D eigenvalue weighted by molar-refractivity contribution is 5.70. The molecule has 1 fully saturated rings. The summed E-state index contributed by atoms with van der Waals surface area (Å²) >= 11 is 0. The van der Waals surface area contributed by atoms with Crippen LogP contribution in [0.3, 0.4) is 0 Å². The largest absolute Gasteiger partial charge is 0.381 e. The van der Waals surface area contributed by atoms with Crippen molar-refractivity contribution in [1.82, 2.24) is 4.98 Å². The summed E-state index contributed by atoms with van der Waals surface area (Å²) in [6.07, 6.45) is 9.57. The van der Waals surface area contributed by atoms with Gasteiger partial charge in [0.1, 0.15) is 0 Å². The summed E-state index contributed by atoms with van der Waals surface area (Å²) in [6.45, 7) is 12.7. The lowest BCUT2D eigenvalue weighted by Gasteiger charge is -2.33. The van der Waals surface area contributed by atoms with E-state index in [4.69, 9.17) is 4.74 Å². The molecule has 0 bridgehead atoms. The van der Waals surface area contributed by atoms with Crippen LogP contribution >= 0.6 is 0 Å². The zero-order valence-corrected chi connectivity index (χ0v) is 16.1. The molecule has 1 aromatic rings. The summed E-state index contributed by atoms with van der Waals surface area (Å²) in [7, 11) is 1.82. The van der Waals surface area contributed by atoms with E-state index in [1.807, 2.05) is 34.8 Å². The molecule has 1 saturated carbocycles. The Balaban J connectivity index is 0. The summed E-state index contributed by atoms with van der Waals surface area (Å²) < 4.78 is 5.28. The summed E-state index contributed by atoms with van der Waals surface area (Å²) in [5.74, 6) is 0. The van der Waals surface area contributed by atoms with Crippen LogP contribution in [0.4, 0.5) is 5.69 Å². The topological polar surface area (TPSA) is 51.2 Å². The van der Waals surface area contributed by atoms with E-state index < -0.39 is 0 Å². The number of amides is 1. The van der Waals surface area contributed by atoms with Crippen molar-refractivity contribution >= 4 is 12.1 Å². The molecule has 0 aromatic carbocycles. The molecular formula is C19H36N2O2. The average molecular weight is 325 g/mol. The zero-order valence-electron chi connectivity index (χ0n) is 16.1. The lowest BCUT2D eigenvalue weighted by molar-refractivity contribution is -0.105. The maximum Gasteiger partial charge on any atom is 0.211 e. The van der Waals surface area contributed by atoms with Crippen molar-refractivity contribution in [2.24, 2.45) is 5.41 Å². The van der Waals surface area contributed by atoms with Crippen molar-refractivity contribution in [2.75, 3.05) is 12.4 Å². The van der Waals surface area contributed by atoms with E-state index in [9.17, 15) is 4.79 Å². The highest BCUT2D eigenvalue weighted by Gasteiger charge is 2.26. The number of carbonyl (C=O) groups is 1. The first-order valence-corrected chi connectivity index (χ1v) is 8.70. The van der Waals surface area contributed by atoms with Crippen LogP contribution in [0.2, 0.25) is 0 Å². The maximum absolute atomic E-state index is 9.84. The highest BCUT2D eigenvalue weighted by atomic mass is 16.5. The third-order valence-electron chi connectivity index (χ3n) is 3.53. The lowest BCUT2D eigenvalue weighted by Crippen LogP contribution is -2.25. The Morgan fingerprint density at radius 3 is 2.00 bits per heavy atom. The summed E-state index contributed by atoms with van der Waals surface area (Å²) in [5, 5.41) is 2.49. The fraction of sp³-hybridized carbons (Fsp3) is 0.684. The predicted octanol–water partition coefficient (Wildman–Crippen LogP) is 5.30. The first-order valence-electron chi connectivity index (χ1n) is 8.70. The molecule has 0 unspecified atom stereocenters. The van der Waals surface area contributed by atoms with Gasteiger partial charge in [0.2, 0.25) is 6.41 Å². The van der Waals surface area contributed by atoms with E-state index in [1.165, 1.54) is 25.7 Å². The number of nitrogens with one attached hydrogen (secondary N) is 1. The van der Waals surface area contributed by atoms with Gasteiger partial charge in [-0.2, -0.15) is 0 Å². The molecule has 1 N–H and O–H groups in total. The smallest absolute Gasteiger partial charge is 0.211 e. The Kier molecular flexibility index (Phi) is 16.0. The second-order valence-corrected chi connectivity index (χ2v) is 5.60. The monoisotopic (exact) mass is 324 g/mol. The molecule has 1 amide bonds. The van der Waals surface area contributed by atoms with Crippen molar-refractivity contribution in [3.8, 4) is 0 Å². The van der Waals surface area contributed by atoms with Crippen LogP contribution < -0.4 is 5.32 Å². The normalized spacial score (nSPS) is 15.4. The van der Waals surface area contributed by atoms with Crippen molar-refractivity contribution in [2.45, 2.75) is 73.3 Å². The molecule has 0 aliphatic heterocycles. The number of nitrogens with zero attached hydrogens (tertiary/aromatic N) is 1. The number of hydrogen-bond donors (Lipinski definition) is 1. The fourth-order valence-electron chi connectivity index (χ4n) is 2.12. The minimum atomic E-state index is 0.549. The van der Waals surface area contributed by atoms with E-state index in [0.717, 1.165) is 5.69 Å². The van der Waals surface area contributed by atoms with Gasteiger partial charge in [0, 0.05) is 25.2 Å². The van der Waals surface area contributed by atoms with Gasteiger partial charge in [0.05, 0.1) is 6.10 Å². The van der Waals surface area contributed by atoms with Crippen LogP contribution in [0.25, 0.3) is 0 Å². The van der Waals surface area contributed by atoms with E-state index in [2.05, 4.69) is 24.1 Å². The van der Waals surface area contributed by atoms with Gasteiger partial charge >= 0.3 is 0 Å². The molecule has 23 heavy (non-hydrogen) atoms. The standard InChI is InChI=1S/C9H18O.C6H6N2O.2C2H6/c1-9(2)6-4-8(10-3)5-7-9;9-5-8-6-1-3-7-4-2-6;2*1-2/h8H,4-7H2,1-3H3;1-5H,(H,7,8,9);2*1-2H3. The molecule has 0 radical (unpaired) electrons. The molecule has 4 nitrogen and oxygen atoms in total. The van der Waals surface area contributed by atoms with Crippen LogP contribution in [-0.4, -0.2) is 24.6 Å². The Morgan fingerprint density at radius 1 is 1.13 bits per heavy atom. The summed E-state index contributed by atoms with van der Waals surface area (Å²) in [5.41, 5.74) is 1.34. The van der Waals surface area contributed by atoms with E-state index >= 15 is 0 Å². The third kappa shape index (κ3) is 12.8. The van der Waals surface area contributed by atoms with Crippen LogP contribution in [-0.2, 0) is 9.53 Å². The second kappa shape index (κ2) is 15.5. The van der Waals surface area contributed by atoms with Gasteiger partial charge < -0.3 is 10.1 Å². The predicted molar refractivity (Wildman–Crippen MR) is 99.7 cm³/mol. The summed E-state index contributed by atoms with van der Waals surface area (Å²) in [6, 6.07) is 3.43. The fourth-order valence-corrected chi connectivity index (χ4v) is 2.12. The molecule has 0 spiro atoms. The molecule has 1 aliphatic carbocycles. The van der Waals surface area contributed by atoms with Gasteiger partial charge in [-0.25, -0.2) is 0 Å². The van der Waals surface area contributed by atoms with Crippen molar-refractivity contribution < 1.29 is 9.53 Å². The first-order chi connectivity index (χ1) is 11.1. The van der Waals surface area contributed by atoms with Crippen LogP contribution in [0.1, 0.15) is 67.2 Å². The summed E-state index contributed by atoms with van der Waals surface area (Å²) in [4.78, 5) is 13.6. The second-order valence-electron chi connectivity index (χ2n) is 5.60. The van der Waals surface area contributed by atoms with E-state index in [1.54, 1.807) is 24.5 Å². The first kappa shape index (κ1) is 23.8. The molecular weight excluding hydrogens is 288 g/mol. The molecule has 1 heterocycles. The molecule has 4 heteroatoms. The lowest BCUT2D eigenvalue weighted by atomic mass is 9.76. The zero-order chi connectivity index (χ0) is 18.1. The SMILES string of the molecule is CC.CC.COC1CCC(C)(C)CC1.O=CNc1ccncc1. The number of anilines is 1. The number of methoxy groups -OCH3 is 1. The molecule has 1 aliphatic rings. The minimum Gasteiger partial charge on any atom is -0.381 e. The van der Waals surface area contributed by atoms with Gasteiger partial charge in [0.25, 0.3) is 0 Å². The van der Waals surface area contributed by atoms with E-state index in [0.29, 0.717) is 17.9 Å². The quantitative estimate of drug-likeness (QED) is 0.767. The Bertz CT molecular complexity index is 357. The molecule has 2 rings (SSSR count). The number of ether oxygens (including phenoxy) is 1. The van der Waals surface area contributed by atoms with Crippen LogP contribution in [0, 0.1) is 5.41 Å². The Morgan fingerprint density at radius 2 is 1.61 bits per heavy atom. The van der Waals surface area contributed by atoms with Gasteiger partial charge in [-0.15, -0.1) is 0 Å². The number of rotatable bonds is 3. The van der Waals surface area contributed by atoms with Crippen molar-refractivity contribution in [3.05, 3.63) is 24.5 Å². The van der Waals surface area contributed by atoms with Crippen molar-refractivity contribution in [1.29, 1.82) is 0 Å². The molecule has 0 saturated heterocycles. The van der Waals surface area contributed by atoms with Crippen molar-refractivity contribution in [3.63, 3.8) is 0 Å². The van der Waals surface area contributed by atoms with Gasteiger partial charge in [-0.3, -0.25) is 9.78 Å². The molecule has 0 atom stereocenters. The van der Waals surface area contributed by atoms with Gasteiger partial charge in [-0.1, -0.05) is 41.5 Å². The van der Waals surface area contributed by atoms with Gasteiger partial charge in [-0.05, 0) is 43.2 Å². The number of hydrogen-bond acceptors (Lipinski definition) is 3. The Labute approximate surface area is 143 Å². The van der Waals surface area contributed by atoms with Crippen LogP contribution in [0.5, 0.6) is 0 Å². The molecule has 1 aromatic heterocycles. The third-order valence-corrected chi connectivity index (χ3v) is 3.53. The number of aromatic nitrogens is 1. The maximum atomic E-state index is 9.84. The Hall–Kier alpha value is -1.42. The molecule has 134 valence electrons. The van der Waals surface area contributed by atoms with E-state index in [-0.39, 0.29) is 0 Å². The highest BCUT2D eigenvalue weighted by Crippen LogP contribution is 2.35. The number of pyridine rings is 1. The minimum absolute atomic E-state index is 0.549. The van der Waals surface area contributed by atoms with Crippen LogP contribution in [0.15, 0.2) is 24.5 Å².